The van der Waals surface area contributed by atoms with E-state index in [1.807, 2.05) is 0 Å². The van der Waals surface area contributed by atoms with Crippen LogP contribution < -0.4 is 0 Å². The lowest BCUT2D eigenvalue weighted by Crippen LogP contribution is -2.19. The molecule has 0 amide bonds. The summed E-state index contributed by atoms with van der Waals surface area (Å²) in [6.07, 6.45) is 2.24. The maximum absolute atomic E-state index is 13.3. The molecular formula is C13H12FN3O3. The van der Waals surface area contributed by atoms with E-state index in [-0.39, 0.29) is 11.5 Å². The second kappa shape index (κ2) is 4.93. The second-order valence-corrected chi connectivity index (χ2v) is 4.68. The fourth-order valence-electron chi connectivity index (χ4n) is 1.54. The van der Waals surface area contributed by atoms with Crippen molar-refractivity contribution >= 4 is 5.97 Å². The summed E-state index contributed by atoms with van der Waals surface area (Å²) in [6.45, 7) is 3.04. The van der Waals surface area contributed by atoms with Crippen molar-refractivity contribution in [2.75, 3.05) is 0 Å². The summed E-state index contributed by atoms with van der Waals surface area (Å²) in [7, 11) is 0. The van der Waals surface area contributed by atoms with Crippen molar-refractivity contribution in [3.63, 3.8) is 0 Å². The van der Waals surface area contributed by atoms with Gasteiger partial charge in [0.1, 0.15) is 5.60 Å². The zero-order valence-corrected chi connectivity index (χ0v) is 10.8. The van der Waals surface area contributed by atoms with Crippen LogP contribution >= 0.6 is 0 Å². The molecule has 0 radical (unpaired) electrons. The van der Waals surface area contributed by atoms with Gasteiger partial charge in [-0.15, -0.1) is 0 Å². The van der Waals surface area contributed by atoms with Crippen LogP contribution in [0.25, 0.3) is 11.4 Å². The number of hydrogen-bond donors (Lipinski definition) is 2. The van der Waals surface area contributed by atoms with Crippen molar-refractivity contribution < 1.29 is 19.4 Å². The number of aliphatic hydroxyl groups is 1. The van der Waals surface area contributed by atoms with E-state index in [1.54, 1.807) is 0 Å². The van der Waals surface area contributed by atoms with Crippen molar-refractivity contribution in [1.29, 1.82) is 0 Å². The number of pyridine rings is 1. The molecule has 2 heterocycles. The van der Waals surface area contributed by atoms with E-state index in [9.17, 15) is 14.3 Å². The van der Waals surface area contributed by atoms with Gasteiger partial charge in [0.05, 0.1) is 23.1 Å². The first-order valence-corrected chi connectivity index (χ1v) is 5.74. The van der Waals surface area contributed by atoms with Gasteiger partial charge in [-0.2, -0.15) is 0 Å². The molecule has 2 aromatic rings. The first kappa shape index (κ1) is 14.0. The van der Waals surface area contributed by atoms with Crippen LogP contribution in [0.2, 0.25) is 0 Å². The van der Waals surface area contributed by atoms with Gasteiger partial charge in [0.15, 0.2) is 11.6 Å². The lowest BCUT2D eigenvalue weighted by atomic mass is 10.1. The Bertz CT molecular complexity index is 668. The predicted octanol–water partition coefficient (Wildman–Crippen LogP) is 1.60. The van der Waals surface area contributed by atoms with Crippen LogP contribution in [-0.4, -0.2) is 31.1 Å². The molecule has 2 rings (SSSR count). The molecule has 0 fully saturated rings. The molecule has 0 aliphatic heterocycles. The summed E-state index contributed by atoms with van der Waals surface area (Å²) in [5, 5.41) is 18.7. The normalized spacial score (nSPS) is 11.4. The van der Waals surface area contributed by atoms with Crippen molar-refractivity contribution in [3.8, 4) is 11.4 Å². The zero-order chi connectivity index (χ0) is 14.9. The second-order valence-electron chi connectivity index (χ2n) is 4.68. The quantitative estimate of drug-likeness (QED) is 0.884. The van der Waals surface area contributed by atoms with Crippen LogP contribution in [0.4, 0.5) is 4.39 Å². The number of hydrogen-bond acceptors (Lipinski definition) is 5. The number of carbonyl (C=O) groups is 1. The fraction of sp³-hybridized carbons (Fsp3) is 0.231. The van der Waals surface area contributed by atoms with E-state index in [0.29, 0.717) is 5.69 Å². The number of halogens is 1. The molecule has 0 aromatic carbocycles. The molecule has 104 valence electrons. The standard InChI is InChI=1S/C13H12FN3O3/c1-13(2,20)12-15-4-3-9(17-12)10-5-7(11(18)19)8(14)6-16-10/h3-6,20H,1-2H3,(H,18,19). The largest absolute Gasteiger partial charge is 0.478 e. The topological polar surface area (TPSA) is 96.2 Å². The third-order valence-electron chi connectivity index (χ3n) is 2.55. The summed E-state index contributed by atoms with van der Waals surface area (Å²) in [4.78, 5) is 22.7. The molecule has 0 atom stereocenters. The van der Waals surface area contributed by atoms with Crippen LogP contribution in [-0.2, 0) is 5.60 Å². The molecular weight excluding hydrogens is 265 g/mol. The van der Waals surface area contributed by atoms with Gasteiger partial charge in [-0.25, -0.2) is 19.2 Å². The lowest BCUT2D eigenvalue weighted by Gasteiger charge is -2.15. The van der Waals surface area contributed by atoms with Crippen molar-refractivity contribution in [2.45, 2.75) is 19.4 Å². The van der Waals surface area contributed by atoms with Crippen molar-refractivity contribution in [3.05, 3.63) is 41.7 Å². The predicted molar refractivity (Wildman–Crippen MR) is 67.4 cm³/mol. The van der Waals surface area contributed by atoms with E-state index < -0.39 is 23.0 Å². The van der Waals surface area contributed by atoms with Gasteiger partial charge in [-0.3, -0.25) is 4.98 Å². The maximum atomic E-state index is 13.3. The zero-order valence-electron chi connectivity index (χ0n) is 10.8. The highest BCUT2D eigenvalue weighted by Crippen LogP contribution is 2.21. The molecule has 0 unspecified atom stereocenters. The van der Waals surface area contributed by atoms with Gasteiger partial charge in [-0.05, 0) is 26.0 Å². The molecule has 0 saturated heterocycles. The highest BCUT2D eigenvalue weighted by atomic mass is 19.1. The highest BCUT2D eigenvalue weighted by Gasteiger charge is 2.21. The number of rotatable bonds is 3. The van der Waals surface area contributed by atoms with E-state index in [0.717, 1.165) is 12.3 Å². The number of carboxylic acid groups (broad SMARTS) is 1. The van der Waals surface area contributed by atoms with Crippen LogP contribution in [0.3, 0.4) is 0 Å². The van der Waals surface area contributed by atoms with Crippen LogP contribution in [0.15, 0.2) is 24.5 Å². The SMILES string of the molecule is CC(C)(O)c1nccc(-c2cc(C(=O)O)c(F)cn2)n1. The Hall–Kier alpha value is -2.41. The Morgan fingerprint density at radius 1 is 1.30 bits per heavy atom. The van der Waals surface area contributed by atoms with E-state index >= 15 is 0 Å². The molecule has 7 heteroatoms. The van der Waals surface area contributed by atoms with E-state index in [1.165, 1.54) is 26.1 Å². The third-order valence-corrected chi connectivity index (χ3v) is 2.55. The number of aromatic nitrogens is 3. The molecule has 2 aromatic heterocycles. The molecule has 0 saturated carbocycles. The third kappa shape index (κ3) is 2.77. The Morgan fingerprint density at radius 3 is 2.60 bits per heavy atom. The minimum Gasteiger partial charge on any atom is -0.478 e. The molecule has 2 N–H and O–H groups in total. The van der Waals surface area contributed by atoms with Gasteiger partial charge in [0.2, 0.25) is 0 Å². The smallest absolute Gasteiger partial charge is 0.338 e. The van der Waals surface area contributed by atoms with E-state index in [2.05, 4.69) is 15.0 Å². The molecule has 0 aliphatic rings. The average molecular weight is 277 g/mol. The minimum absolute atomic E-state index is 0.165. The Morgan fingerprint density at radius 2 is 2.00 bits per heavy atom. The van der Waals surface area contributed by atoms with Crippen LogP contribution in [0, 0.1) is 5.82 Å². The van der Waals surface area contributed by atoms with Gasteiger partial charge in [0, 0.05) is 6.20 Å². The Labute approximate surface area is 114 Å². The molecule has 20 heavy (non-hydrogen) atoms. The Balaban J connectivity index is 2.52. The highest BCUT2D eigenvalue weighted by molar-refractivity contribution is 5.89. The summed E-state index contributed by atoms with van der Waals surface area (Å²) in [6, 6.07) is 2.59. The molecule has 0 aliphatic carbocycles. The summed E-state index contributed by atoms with van der Waals surface area (Å²) in [5.41, 5.74) is -1.24. The minimum atomic E-state index is -1.39. The monoisotopic (exact) mass is 277 g/mol. The maximum Gasteiger partial charge on any atom is 0.338 e. The van der Waals surface area contributed by atoms with Crippen molar-refractivity contribution in [1.82, 2.24) is 15.0 Å². The van der Waals surface area contributed by atoms with Crippen LogP contribution in [0.1, 0.15) is 30.0 Å². The summed E-state index contributed by atoms with van der Waals surface area (Å²) in [5.74, 6) is -2.14. The van der Waals surface area contributed by atoms with E-state index in [4.69, 9.17) is 5.11 Å². The summed E-state index contributed by atoms with van der Waals surface area (Å²) < 4.78 is 13.3. The summed E-state index contributed by atoms with van der Waals surface area (Å²) >= 11 is 0. The van der Waals surface area contributed by atoms with Gasteiger partial charge < -0.3 is 10.2 Å². The Kier molecular flexibility index (Phi) is 3.46. The van der Waals surface area contributed by atoms with Crippen molar-refractivity contribution in [2.24, 2.45) is 0 Å². The first-order chi connectivity index (χ1) is 9.29. The van der Waals surface area contributed by atoms with Crippen LogP contribution in [0.5, 0.6) is 0 Å². The van der Waals surface area contributed by atoms with Gasteiger partial charge in [-0.1, -0.05) is 0 Å². The fourth-order valence-corrected chi connectivity index (χ4v) is 1.54. The lowest BCUT2D eigenvalue weighted by molar-refractivity contribution is 0.0681. The molecule has 6 nitrogen and oxygen atoms in total. The van der Waals surface area contributed by atoms with Gasteiger partial charge in [0.25, 0.3) is 0 Å². The number of carboxylic acids is 1. The number of aromatic carboxylic acids is 1. The molecule has 0 spiro atoms. The number of nitrogens with zero attached hydrogens (tertiary/aromatic N) is 3. The van der Waals surface area contributed by atoms with Gasteiger partial charge >= 0.3 is 5.97 Å². The first-order valence-electron chi connectivity index (χ1n) is 5.74. The average Bonchev–Trinajstić information content (AvgIpc) is 2.38. The molecule has 0 bridgehead atoms.